The summed E-state index contributed by atoms with van der Waals surface area (Å²) in [5.41, 5.74) is 0.933. The zero-order chi connectivity index (χ0) is 24.6. The van der Waals surface area contributed by atoms with E-state index in [1.165, 1.54) is 7.11 Å². The maximum atomic E-state index is 12.6. The average molecular weight is 508 g/mol. The van der Waals surface area contributed by atoms with Gasteiger partial charge < -0.3 is 19.7 Å². The number of anilines is 3. The monoisotopic (exact) mass is 507 g/mol. The lowest BCUT2D eigenvalue weighted by Gasteiger charge is -2.48. The predicted molar refractivity (Wildman–Crippen MR) is 129 cm³/mol. The normalized spacial score (nSPS) is 27.1. The molecule has 3 aliphatic rings. The van der Waals surface area contributed by atoms with Crippen molar-refractivity contribution in [3.05, 3.63) is 17.8 Å². The molecule has 13 heteroatoms. The molecule has 0 aliphatic carbocycles. The van der Waals surface area contributed by atoms with Crippen LogP contribution in [-0.4, -0.2) is 84.5 Å². The van der Waals surface area contributed by atoms with Crippen LogP contribution in [0.15, 0.2) is 12.1 Å². The highest BCUT2D eigenvalue weighted by Crippen LogP contribution is 2.39. The highest BCUT2D eigenvalue weighted by Gasteiger charge is 2.46. The van der Waals surface area contributed by atoms with Crippen LogP contribution in [0, 0.1) is 6.92 Å². The number of piperidine rings is 2. The second kappa shape index (κ2) is 9.88. The lowest BCUT2D eigenvalue weighted by molar-refractivity contribution is 0.0952. The van der Waals surface area contributed by atoms with Crippen LogP contribution in [0.4, 0.5) is 17.6 Å². The third-order valence-electron chi connectivity index (χ3n) is 7.04. The maximum absolute atomic E-state index is 12.6. The Morgan fingerprint density at radius 3 is 2.57 bits per heavy atom. The number of rotatable bonds is 8. The van der Waals surface area contributed by atoms with Crippen molar-refractivity contribution in [2.24, 2.45) is 0 Å². The van der Waals surface area contributed by atoms with E-state index in [1.807, 2.05) is 24.9 Å². The van der Waals surface area contributed by atoms with E-state index in [0.29, 0.717) is 49.5 Å². The minimum Gasteiger partial charge on any atom is -0.472 e. The summed E-state index contributed by atoms with van der Waals surface area (Å²) in [6, 6.07) is 3.55. The molecule has 0 aromatic carbocycles. The molecule has 2 aromatic rings. The molecular formula is C22H33N7O5S. The van der Waals surface area contributed by atoms with Gasteiger partial charge >= 0.3 is 10.3 Å². The van der Waals surface area contributed by atoms with E-state index in [4.69, 9.17) is 23.6 Å². The fraction of sp³-hybridized carbons (Fsp3) is 0.682. The molecule has 0 radical (unpaired) electrons. The van der Waals surface area contributed by atoms with Gasteiger partial charge in [-0.1, -0.05) is 6.42 Å². The van der Waals surface area contributed by atoms with Crippen molar-refractivity contribution >= 4 is 27.9 Å². The smallest absolute Gasteiger partial charge is 0.338 e. The van der Waals surface area contributed by atoms with E-state index in [1.54, 1.807) is 10.4 Å². The van der Waals surface area contributed by atoms with Crippen LogP contribution in [0.25, 0.3) is 0 Å². The standard InChI is InChI=1S/C22H33N7O5S/c1-14-9-20(27-26-14)23-19-12-21(34-18-7-8-33-13-18)25-22(24-19)28(2)17-10-15-5-4-6-16(11-17)29(15)35(30,31)32-3/h9,12,15-18H,4-8,10-11,13H2,1-3H3,(H2,23,24,25,26,27)/t15-,16+,17?,18-/m1/s1. The first-order chi connectivity index (χ1) is 16.8. The molecule has 12 nitrogen and oxygen atoms in total. The fourth-order valence-electron chi connectivity index (χ4n) is 5.33. The van der Waals surface area contributed by atoms with Gasteiger partial charge in [0.2, 0.25) is 11.8 Å². The van der Waals surface area contributed by atoms with Crippen LogP contribution in [0.1, 0.15) is 44.2 Å². The molecule has 5 rings (SSSR count). The number of fused-ring (bicyclic) bond motifs is 2. The molecule has 0 spiro atoms. The Labute approximate surface area is 205 Å². The second-order valence-electron chi connectivity index (χ2n) is 9.49. The number of hydrogen-bond acceptors (Lipinski definition) is 10. The largest absolute Gasteiger partial charge is 0.472 e. The summed E-state index contributed by atoms with van der Waals surface area (Å²) in [6.07, 6.45) is 4.78. The summed E-state index contributed by atoms with van der Waals surface area (Å²) in [6.45, 7) is 3.14. The number of nitrogens with one attached hydrogen (secondary N) is 2. The Kier molecular flexibility index (Phi) is 6.84. The fourth-order valence-corrected chi connectivity index (χ4v) is 6.61. The van der Waals surface area contributed by atoms with Gasteiger partial charge in [-0.2, -0.15) is 27.8 Å². The number of H-pyrrole nitrogens is 1. The van der Waals surface area contributed by atoms with E-state index in [-0.39, 0.29) is 24.2 Å². The van der Waals surface area contributed by atoms with Crippen molar-refractivity contribution in [1.82, 2.24) is 24.5 Å². The van der Waals surface area contributed by atoms with Crippen LogP contribution in [0.2, 0.25) is 0 Å². The van der Waals surface area contributed by atoms with Gasteiger partial charge in [0.05, 0.1) is 20.3 Å². The molecular weight excluding hydrogens is 474 g/mol. The molecule has 2 bridgehead atoms. The number of ether oxygens (including phenoxy) is 2. The minimum atomic E-state index is -3.72. The van der Waals surface area contributed by atoms with Crippen LogP contribution < -0.4 is 15.0 Å². The number of aromatic amines is 1. The van der Waals surface area contributed by atoms with Gasteiger partial charge in [0.15, 0.2) is 5.82 Å². The second-order valence-corrected chi connectivity index (χ2v) is 11.1. The van der Waals surface area contributed by atoms with E-state index >= 15 is 0 Å². The summed E-state index contributed by atoms with van der Waals surface area (Å²) in [4.78, 5) is 11.5. The van der Waals surface area contributed by atoms with E-state index in [9.17, 15) is 8.42 Å². The van der Waals surface area contributed by atoms with Gasteiger partial charge in [-0.15, -0.1) is 0 Å². The Hall–Kier alpha value is -2.48. The third-order valence-corrected chi connectivity index (χ3v) is 8.58. The molecule has 5 heterocycles. The van der Waals surface area contributed by atoms with Crippen molar-refractivity contribution in [3.8, 4) is 5.88 Å². The van der Waals surface area contributed by atoms with Crippen LogP contribution in [0.5, 0.6) is 5.88 Å². The first kappa shape index (κ1) is 24.2. The van der Waals surface area contributed by atoms with Crippen molar-refractivity contribution < 1.29 is 22.1 Å². The number of hydrogen-bond donors (Lipinski definition) is 2. The molecule has 4 atom stereocenters. The summed E-state index contributed by atoms with van der Waals surface area (Å²) in [5, 5.41) is 10.4. The van der Waals surface area contributed by atoms with E-state index in [2.05, 4.69) is 15.5 Å². The maximum Gasteiger partial charge on any atom is 0.338 e. The molecule has 2 aromatic heterocycles. The zero-order valence-corrected chi connectivity index (χ0v) is 21.1. The number of aromatic nitrogens is 4. The van der Waals surface area contributed by atoms with Gasteiger partial charge in [0, 0.05) is 49.4 Å². The van der Waals surface area contributed by atoms with Crippen molar-refractivity contribution in [2.45, 2.75) is 69.7 Å². The quantitative estimate of drug-likeness (QED) is 0.547. The molecule has 192 valence electrons. The Morgan fingerprint density at radius 2 is 1.94 bits per heavy atom. The first-order valence-corrected chi connectivity index (χ1v) is 13.4. The Balaban J connectivity index is 1.40. The van der Waals surface area contributed by atoms with Crippen LogP contribution in [0.3, 0.4) is 0 Å². The lowest BCUT2D eigenvalue weighted by Crippen LogP contribution is -2.58. The predicted octanol–water partition coefficient (Wildman–Crippen LogP) is 2.13. The van der Waals surface area contributed by atoms with E-state index in [0.717, 1.165) is 31.4 Å². The lowest BCUT2D eigenvalue weighted by atomic mass is 9.83. The van der Waals surface area contributed by atoms with Crippen LogP contribution in [-0.2, 0) is 19.2 Å². The topological polar surface area (TPSA) is 135 Å². The summed E-state index contributed by atoms with van der Waals surface area (Å²) >= 11 is 0. The summed E-state index contributed by atoms with van der Waals surface area (Å²) in [5.74, 6) is 2.20. The molecule has 3 saturated heterocycles. The van der Waals surface area contributed by atoms with Gasteiger partial charge in [0.1, 0.15) is 11.9 Å². The summed E-state index contributed by atoms with van der Waals surface area (Å²) < 4.78 is 43.1. The van der Waals surface area contributed by atoms with Crippen LogP contribution >= 0.6 is 0 Å². The van der Waals surface area contributed by atoms with Crippen molar-refractivity contribution in [3.63, 3.8) is 0 Å². The SMILES string of the molecule is COS(=O)(=O)N1[C@@H]2CCC[C@H]1CC(N(C)c1nc(Nc3cc(C)[nH]n3)cc(O[C@@H]3CCOC3)n1)C2. The van der Waals surface area contributed by atoms with Crippen molar-refractivity contribution in [2.75, 3.05) is 37.6 Å². The molecule has 0 amide bonds. The minimum absolute atomic E-state index is 0.0506. The molecule has 2 N–H and O–H groups in total. The number of aryl methyl sites for hydroxylation is 1. The Bertz CT molecular complexity index is 1120. The van der Waals surface area contributed by atoms with E-state index < -0.39 is 10.3 Å². The average Bonchev–Trinajstić information content (AvgIpc) is 3.49. The van der Waals surface area contributed by atoms with Gasteiger partial charge in [-0.3, -0.25) is 9.28 Å². The first-order valence-electron chi connectivity index (χ1n) is 12.1. The number of nitrogens with zero attached hydrogens (tertiary/aromatic N) is 5. The third kappa shape index (κ3) is 5.22. The molecule has 35 heavy (non-hydrogen) atoms. The molecule has 0 saturated carbocycles. The van der Waals surface area contributed by atoms with Gasteiger partial charge in [-0.05, 0) is 32.6 Å². The summed E-state index contributed by atoms with van der Waals surface area (Å²) in [7, 11) is -0.533. The van der Waals surface area contributed by atoms with Gasteiger partial charge in [-0.25, -0.2) is 0 Å². The molecule has 3 aliphatic heterocycles. The molecule has 1 unspecified atom stereocenters. The van der Waals surface area contributed by atoms with Crippen molar-refractivity contribution in [1.29, 1.82) is 0 Å². The zero-order valence-electron chi connectivity index (χ0n) is 20.3. The Morgan fingerprint density at radius 1 is 1.17 bits per heavy atom. The highest BCUT2D eigenvalue weighted by atomic mass is 32.2. The molecule has 3 fully saturated rings. The van der Waals surface area contributed by atoms with Gasteiger partial charge in [0.25, 0.3) is 0 Å². The highest BCUT2D eigenvalue weighted by molar-refractivity contribution is 7.84.